The minimum Gasteiger partial charge on any atom is -0.233 e. The van der Waals surface area contributed by atoms with Gasteiger partial charge in [-0.05, 0) is 30.2 Å². The van der Waals surface area contributed by atoms with Crippen molar-refractivity contribution in [2.24, 2.45) is 0 Å². The Morgan fingerprint density at radius 3 is 2.50 bits per heavy atom. The van der Waals surface area contributed by atoms with Crippen LogP contribution in [0.4, 0.5) is 0 Å². The highest BCUT2D eigenvalue weighted by Gasteiger charge is 2.17. The molecule has 3 nitrogen and oxygen atoms in total. The van der Waals surface area contributed by atoms with Crippen molar-refractivity contribution in [3.8, 4) is 5.82 Å². The van der Waals surface area contributed by atoms with Gasteiger partial charge in [-0.1, -0.05) is 20.8 Å². The molecule has 0 radical (unpaired) electrons. The summed E-state index contributed by atoms with van der Waals surface area (Å²) in [5.41, 5.74) is 3.22. The fourth-order valence-corrected chi connectivity index (χ4v) is 1.84. The van der Waals surface area contributed by atoms with Gasteiger partial charge in [-0.15, -0.1) is 11.6 Å². The molecule has 2 heterocycles. The number of hydrogen-bond donors (Lipinski definition) is 0. The van der Waals surface area contributed by atoms with Crippen LogP contribution in [0.3, 0.4) is 0 Å². The Balaban J connectivity index is 2.54. The van der Waals surface area contributed by atoms with Crippen LogP contribution in [0.15, 0.2) is 24.5 Å². The zero-order valence-corrected chi connectivity index (χ0v) is 12.0. The second kappa shape index (κ2) is 4.73. The lowest BCUT2D eigenvalue weighted by atomic mass is 9.91. The van der Waals surface area contributed by atoms with E-state index in [9.17, 15) is 0 Å². The molecule has 0 aromatic carbocycles. The highest BCUT2D eigenvalue weighted by atomic mass is 35.5. The Morgan fingerprint density at radius 1 is 1.28 bits per heavy atom. The van der Waals surface area contributed by atoms with Gasteiger partial charge in [0, 0.05) is 23.2 Å². The monoisotopic (exact) mass is 263 g/mol. The SMILES string of the molecule is Cc1cnn(-c2cc(CCl)cc(C(C)(C)C)n2)c1. The van der Waals surface area contributed by atoms with E-state index in [2.05, 4.69) is 36.9 Å². The lowest BCUT2D eigenvalue weighted by molar-refractivity contribution is 0.565. The number of aryl methyl sites for hydroxylation is 1. The number of hydrogen-bond acceptors (Lipinski definition) is 2. The summed E-state index contributed by atoms with van der Waals surface area (Å²) >= 11 is 5.96. The Hall–Kier alpha value is -1.35. The topological polar surface area (TPSA) is 30.7 Å². The molecule has 0 saturated carbocycles. The Kier molecular flexibility index (Phi) is 3.44. The molecule has 18 heavy (non-hydrogen) atoms. The van der Waals surface area contributed by atoms with E-state index in [1.54, 1.807) is 4.68 Å². The van der Waals surface area contributed by atoms with Crippen LogP contribution < -0.4 is 0 Å². The van der Waals surface area contributed by atoms with Crippen LogP contribution >= 0.6 is 11.6 Å². The molecular weight excluding hydrogens is 246 g/mol. The number of alkyl halides is 1. The van der Waals surface area contributed by atoms with Gasteiger partial charge in [0.2, 0.25) is 0 Å². The molecule has 0 aliphatic rings. The fourth-order valence-electron chi connectivity index (χ4n) is 1.69. The van der Waals surface area contributed by atoms with E-state index in [0.29, 0.717) is 5.88 Å². The first-order valence-corrected chi connectivity index (χ1v) is 6.52. The van der Waals surface area contributed by atoms with Gasteiger partial charge in [0.25, 0.3) is 0 Å². The lowest BCUT2D eigenvalue weighted by Crippen LogP contribution is -2.15. The summed E-state index contributed by atoms with van der Waals surface area (Å²) < 4.78 is 1.79. The van der Waals surface area contributed by atoms with Crippen LogP contribution in [-0.4, -0.2) is 14.8 Å². The summed E-state index contributed by atoms with van der Waals surface area (Å²) in [6.07, 6.45) is 3.79. The van der Waals surface area contributed by atoms with Gasteiger partial charge in [0.05, 0.1) is 6.20 Å². The lowest BCUT2D eigenvalue weighted by Gasteiger charge is -2.19. The molecule has 0 atom stereocenters. The molecule has 2 aromatic rings. The first kappa shape index (κ1) is 13.1. The van der Waals surface area contributed by atoms with E-state index in [0.717, 1.165) is 22.6 Å². The second-order valence-corrected chi connectivity index (χ2v) is 5.83. The largest absolute Gasteiger partial charge is 0.233 e. The normalized spacial score (nSPS) is 11.8. The maximum atomic E-state index is 5.96. The van der Waals surface area contributed by atoms with Gasteiger partial charge in [0.15, 0.2) is 5.82 Å². The molecule has 4 heteroatoms. The van der Waals surface area contributed by atoms with Crippen molar-refractivity contribution in [1.82, 2.24) is 14.8 Å². The third-order valence-electron chi connectivity index (χ3n) is 2.74. The van der Waals surface area contributed by atoms with Crippen molar-refractivity contribution in [2.45, 2.75) is 39.0 Å². The molecule has 0 fully saturated rings. The molecule has 0 N–H and O–H groups in total. The Bertz CT molecular complexity index is 552. The smallest absolute Gasteiger partial charge is 0.153 e. The van der Waals surface area contributed by atoms with E-state index >= 15 is 0 Å². The van der Waals surface area contributed by atoms with Crippen LogP contribution in [0.25, 0.3) is 5.82 Å². The molecule has 0 aliphatic heterocycles. The van der Waals surface area contributed by atoms with E-state index < -0.39 is 0 Å². The molecule has 96 valence electrons. The quantitative estimate of drug-likeness (QED) is 0.775. The fraction of sp³-hybridized carbons (Fsp3) is 0.429. The Labute approximate surface area is 113 Å². The molecule has 0 aliphatic carbocycles. The number of halogens is 1. The van der Waals surface area contributed by atoms with Crippen molar-refractivity contribution < 1.29 is 0 Å². The highest BCUT2D eigenvalue weighted by Crippen LogP contribution is 2.23. The average Bonchev–Trinajstić information content (AvgIpc) is 2.74. The van der Waals surface area contributed by atoms with Crippen molar-refractivity contribution >= 4 is 11.6 Å². The zero-order valence-electron chi connectivity index (χ0n) is 11.2. The molecule has 0 amide bonds. The predicted octanol–water partition coefficient (Wildman–Crippen LogP) is 3.61. The summed E-state index contributed by atoms with van der Waals surface area (Å²) in [4.78, 5) is 4.68. The average molecular weight is 264 g/mol. The maximum absolute atomic E-state index is 5.96. The highest BCUT2D eigenvalue weighted by molar-refractivity contribution is 6.17. The molecule has 0 spiro atoms. The van der Waals surface area contributed by atoms with Gasteiger partial charge in [-0.3, -0.25) is 0 Å². The standard InChI is InChI=1S/C14H18ClN3/c1-10-8-16-18(9-10)13-6-11(7-15)5-12(17-13)14(2,3)4/h5-6,8-9H,7H2,1-4H3. The first-order valence-electron chi connectivity index (χ1n) is 5.99. The molecular formula is C14H18ClN3. The number of pyridine rings is 1. The van der Waals surface area contributed by atoms with Crippen molar-refractivity contribution in [3.05, 3.63) is 41.3 Å². The van der Waals surface area contributed by atoms with Crippen LogP contribution in [0.5, 0.6) is 0 Å². The van der Waals surface area contributed by atoms with Crippen LogP contribution in [0.2, 0.25) is 0 Å². The van der Waals surface area contributed by atoms with E-state index in [1.165, 1.54) is 0 Å². The van der Waals surface area contributed by atoms with E-state index in [1.807, 2.05) is 25.4 Å². The predicted molar refractivity (Wildman–Crippen MR) is 74.4 cm³/mol. The minimum absolute atomic E-state index is 0.000976. The summed E-state index contributed by atoms with van der Waals surface area (Å²) in [5, 5.41) is 4.30. The van der Waals surface area contributed by atoms with Crippen molar-refractivity contribution in [1.29, 1.82) is 0 Å². The third kappa shape index (κ3) is 2.72. The van der Waals surface area contributed by atoms with Gasteiger partial charge in [0.1, 0.15) is 0 Å². The van der Waals surface area contributed by atoms with E-state index in [4.69, 9.17) is 11.6 Å². The van der Waals surface area contributed by atoms with Gasteiger partial charge in [-0.2, -0.15) is 5.10 Å². The minimum atomic E-state index is -0.000976. The summed E-state index contributed by atoms with van der Waals surface area (Å²) in [5.74, 6) is 1.31. The van der Waals surface area contributed by atoms with Crippen LogP contribution in [-0.2, 0) is 11.3 Å². The van der Waals surface area contributed by atoms with Crippen molar-refractivity contribution in [2.75, 3.05) is 0 Å². The summed E-state index contributed by atoms with van der Waals surface area (Å²) in [6, 6.07) is 4.04. The van der Waals surface area contributed by atoms with Crippen LogP contribution in [0.1, 0.15) is 37.6 Å². The molecule has 2 aromatic heterocycles. The first-order chi connectivity index (χ1) is 8.40. The third-order valence-corrected chi connectivity index (χ3v) is 3.05. The number of nitrogens with zero attached hydrogens (tertiary/aromatic N) is 3. The van der Waals surface area contributed by atoms with Crippen LogP contribution in [0, 0.1) is 6.92 Å². The molecule has 2 rings (SSSR count). The second-order valence-electron chi connectivity index (χ2n) is 5.56. The summed E-state index contributed by atoms with van der Waals surface area (Å²) in [6.45, 7) is 8.45. The molecule has 0 bridgehead atoms. The maximum Gasteiger partial charge on any atom is 0.153 e. The summed E-state index contributed by atoms with van der Waals surface area (Å²) in [7, 11) is 0. The number of aromatic nitrogens is 3. The van der Waals surface area contributed by atoms with Gasteiger partial charge >= 0.3 is 0 Å². The zero-order chi connectivity index (χ0) is 13.3. The van der Waals surface area contributed by atoms with Crippen molar-refractivity contribution in [3.63, 3.8) is 0 Å². The molecule has 0 unspecified atom stereocenters. The van der Waals surface area contributed by atoms with Gasteiger partial charge in [-0.25, -0.2) is 9.67 Å². The Morgan fingerprint density at radius 2 is 2.00 bits per heavy atom. The molecule has 0 saturated heterocycles. The number of rotatable bonds is 2. The van der Waals surface area contributed by atoms with E-state index in [-0.39, 0.29) is 5.41 Å². The van der Waals surface area contributed by atoms with Gasteiger partial charge < -0.3 is 0 Å².